The Morgan fingerprint density at radius 1 is 1.86 bits per heavy atom. The van der Waals surface area contributed by atoms with Gasteiger partial charge in [0.2, 0.25) is 0 Å². The quantitative estimate of drug-likeness (QED) is 0.596. The first-order chi connectivity index (χ1) is 2.77. The molecule has 0 aliphatic heterocycles. The minimum atomic E-state index is -0.711. The van der Waals surface area contributed by atoms with Gasteiger partial charge >= 0.3 is 6.09 Å². The molecule has 0 aliphatic carbocycles. The Morgan fingerprint density at radius 2 is 2.29 bits per heavy atom. The maximum absolute atomic E-state index is 9.60. The van der Waals surface area contributed by atoms with Crippen LogP contribution in [0, 0.1) is 0 Å². The molecule has 0 radical (unpaired) electrons. The molecule has 0 saturated carbocycles. The van der Waals surface area contributed by atoms with Crippen LogP contribution in [0.5, 0.6) is 0 Å². The molecule has 0 atom stereocenters. The van der Waals surface area contributed by atoms with Crippen molar-refractivity contribution in [3.63, 3.8) is 0 Å². The Balaban J connectivity index is 0. The van der Waals surface area contributed by atoms with Gasteiger partial charge in [-0.15, -0.1) is 0 Å². The average molecular weight is 190 g/mol. The fraction of sp³-hybridized carbons (Fsp3) is 0.667. The van der Waals surface area contributed by atoms with Crippen molar-refractivity contribution in [2.24, 2.45) is 5.73 Å². The topological polar surface area (TPSA) is 52.3 Å². The summed E-state index contributed by atoms with van der Waals surface area (Å²) in [5.74, 6) is 0. The Bertz CT molecular complexity index is 56.9. The molecule has 0 bridgehead atoms. The smallest absolute Gasteiger partial charge is 0.404 e. The SMILES string of the molecule is CCOC(N)=O.[Ru]. The average Bonchev–Trinajstić information content (AvgIpc) is 1.35. The summed E-state index contributed by atoms with van der Waals surface area (Å²) in [5, 5.41) is 0. The monoisotopic (exact) mass is 191 g/mol. The Hall–Kier alpha value is -0.107. The molecular weight excluding hydrogens is 183 g/mol. The molecule has 0 aromatic heterocycles. The van der Waals surface area contributed by atoms with E-state index in [-0.39, 0.29) is 19.5 Å². The largest absolute Gasteiger partial charge is 0.450 e. The van der Waals surface area contributed by atoms with E-state index in [0.29, 0.717) is 6.61 Å². The van der Waals surface area contributed by atoms with E-state index in [1.807, 2.05) is 0 Å². The van der Waals surface area contributed by atoms with Gasteiger partial charge in [-0.3, -0.25) is 0 Å². The number of nitrogens with two attached hydrogens (primary N) is 1. The summed E-state index contributed by atoms with van der Waals surface area (Å²) in [6.07, 6.45) is -0.711. The molecule has 2 N–H and O–H groups in total. The molecule has 44 valence electrons. The van der Waals surface area contributed by atoms with Gasteiger partial charge in [0.15, 0.2) is 0 Å². The summed E-state index contributed by atoms with van der Waals surface area (Å²) in [7, 11) is 0. The number of primary amides is 1. The van der Waals surface area contributed by atoms with Crippen LogP contribution < -0.4 is 5.73 Å². The van der Waals surface area contributed by atoms with Crippen molar-refractivity contribution in [1.29, 1.82) is 0 Å². The minimum Gasteiger partial charge on any atom is -0.450 e. The van der Waals surface area contributed by atoms with E-state index in [1.54, 1.807) is 6.92 Å². The van der Waals surface area contributed by atoms with Crippen molar-refractivity contribution in [3.05, 3.63) is 0 Å². The van der Waals surface area contributed by atoms with Crippen LogP contribution in [0.25, 0.3) is 0 Å². The molecule has 4 heteroatoms. The first-order valence-electron chi connectivity index (χ1n) is 1.69. The molecular formula is C3H7NO2Ru. The van der Waals surface area contributed by atoms with Crippen molar-refractivity contribution in [2.75, 3.05) is 6.61 Å². The molecule has 0 aromatic carbocycles. The zero-order valence-corrected chi connectivity index (χ0v) is 5.69. The summed E-state index contributed by atoms with van der Waals surface area (Å²) in [5.41, 5.74) is 4.54. The van der Waals surface area contributed by atoms with Crippen molar-refractivity contribution in [3.8, 4) is 0 Å². The van der Waals surface area contributed by atoms with Gasteiger partial charge in [0.25, 0.3) is 0 Å². The standard InChI is InChI=1S/C3H7NO2.Ru/c1-2-6-3(4)5;/h2H2,1H3,(H2,4,5);. The Morgan fingerprint density at radius 3 is 2.29 bits per heavy atom. The van der Waals surface area contributed by atoms with Gasteiger partial charge in [-0.1, -0.05) is 0 Å². The van der Waals surface area contributed by atoms with E-state index in [1.165, 1.54) is 0 Å². The summed E-state index contributed by atoms with van der Waals surface area (Å²) in [6.45, 7) is 2.06. The number of hydrogen-bond acceptors (Lipinski definition) is 2. The summed E-state index contributed by atoms with van der Waals surface area (Å²) in [6, 6.07) is 0. The van der Waals surface area contributed by atoms with Crippen LogP contribution in [0.1, 0.15) is 6.92 Å². The van der Waals surface area contributed by atoms with E-state index in [4.69, 9.17) is 0 Å². The van der Waals surface area contributed by atoms with Crippen molar-refractivity contribution in [2.45, 2.75) is 6.92 Å². The van der Waals surface area contributed by atoms with E-state index >= 15 is 0 Å². The van der Waals surface area contributed by atoms with Crippen LogP contribution in [0.3, 0.4) is 0 Å². The third kappa shape index (κ3) is 10.7. The third-order valence-corrected chi connectivity index (χ3v) is 0.287. The molecule has 0 heterocycles. The van der Waals surface area contributed by atoms with Crippen LogP contribution >= 0.6 is 0 Å². The molecule has 0 rings (SSSR count). The number of carbonyl (C=O) groups is 1. The molecule has 1 amide bonds. The zero-order chi connectivity index (χ0) is 4.99. The fourth-order valence-corrected chi connectivity index (χ4v) is 0.142. The van der Waals surface area contributed by atoms with Crippen molar-refractivity contribution >= 4 is 6.09 Å². The summed E-state index contributed by atoms with van der Waals surface area (Å²) < 4.78 is 4.18. The van der Waals surface area contributed by atoms with Gasteiger partial charge in [0.1, 0.15) is 0 Å². The van der Waals surface area contributed by atoms with Gasteiger partial charge in [0.05, 0.1) is 6.61 Å². The van der Waals surface area contributed by atoms with Crippen LogP contribution in [-0.2, 0) is 24.2 Å². The number of carbonyl (C=O) groups excluding carboxylic acids is 1. The van der Waals surface area contributed by atoms with E-state index in [2.05, 4.69) is 10.5 Å². The van der Waals surface area contributed by atoms with Crippen LogP contribution in [-0.4, -0.2) is 12.7 Å². The zero-order valence-electron chi connectivity index (χ0n) is 3.95. The number of rotatable bonds is 1. The number of ether oxygens (including phenoxy) is 1. The summed E-state index contributed by atoms with van der Waals surface area (Å²) >= 11 is 0. The second-order valence-electron chi connectivity index (χ2n) is 0.752. The molecule has 0 spiro atoms. The predicted molar refractivity (Wildman–Crippen MR) is 21.2 cm³/mol. The number of hydrogen-bond donors (Lipinski definition) is 1. The van der Waals surface area contributed by atoms with E-state index in [0.717, 1.165) is 0 Å². The van der Waals surface area contributed by atoms with E-state index in [9.17, 15) is 4.79 Å². The molecule has 7 heavy (non-hydrogen) atoms. The fourth-order valence-electron chi connectivity index (χ4n) is 0.142. The predicted octanol–water partition coefficient (Wildman–Crippen LogP) is 0.0991. The first kappa shape index (κ1) is 10.00. The van der Waals surface area contributed by atoms with Crippen LogP contribution in [0.4, 0.5) is 4.79 Å². The molecule has 0 aliphatic rings. The van der Waals surface area contributed by atoms with Gasteiger partial charge in [-0.2, -0.15) is 0 Å². The second kappa shape index (κ2) is 5.89. The first-order valence-corrected chi connectivity index (χ1v) is 1.69. The summed E-state index contributed by atoms with van der Waals surface area (Å²) in [4.78, 5) is 9.60. The Kier molecular flexibility index (Phi) is 8.42. The second-order valence-corrected chi connectivity index (χ2v) is 0.752. The normalized spacial score (nSPS) is 6.43. The van der Waals surface area contributed by atoms with Crippen LogP contribution in [0.2, 0.25) is 0 Å². The maximum atomic E-state index is 9.60. The van der Waals surface area contributed by atoms with E-state index < -0.39 is 6.09 Å². The maximum Gasteiger partial charge on any atom is 0.404 e. The minimum absolute atomic E-state index is 0. The molecule has 0 unspecified atom stereocenters. The van der Waals surface area contributed by atoms with Gasteiger partial charge < -0.3 is 10.5 Å². The van der Waals surface area contributed by atoms with Gasteiger partial charge in [0, 0.05) is 19.5 Å². The molecule has 3 nitrogen and oxygen atoms in total. The van der Waals surface area contributed by atoms with Gasteiger partial charge in [-0.05, 0) is 6.92 Å². The Labute approximate surface area is 55.0 Å². The van der Waals surface area contributed by atoms with Crippen molar-refractivity contribution < 1.29 is 29.0 Å². The molecule has 0 fully saturated rings. The van der Waals surface area contributed by atoms with Gasteiger partial charge in [-0.25, -0.2) is 4.79 Å². The van der Waals surface area contributed by atoms with Crippen LogP contribution in [0.15, 0.2) is 0 Å². The number of amides is 1. The van der Waals surface area contributed by atoms with Crippen molar-refractivity contribution in [1.82, 2.24) is 0 Å². The molecule has 0 aromatic rings. The third-order valence-electron chi connectivity index (χ3n) is 0.287. The molecule has 0 saturated heterocycles.